The molecule has 5 heteroatoms. The van der Waals surface area contributed by atoms with Crippen molar-refractivity contribution in [2.24, 2.45) is 0 Å². The van der Waals surface area contributed by atoms with Crippen LogP contribution in [0, 0.1) is 12.7 Å². The first-order valence-corrected chi connectivity index (χ1v) is 6.70. The second kappa shape index (κ2) is 5.40. The fraction of sp³-hybridized carbons (Fsp3) is 0.214. The second-order valence-electron chi connectivity index (χ2n) is 4.33. The molecule has 19 heavy (non-hydrogen) atoms. The summed E-state index contributed by atoms with van der Waals surface area (Å²) in [6.07, 6.45) is 0. The minimum atomic E-state index is -1.07. The van der Waals surface area contributed by atoms with E-state index in [4.69, 9.17) is 5.11 Å². The molecule has 2 rings (SSSR count). The molecule has 1 aromatic carbocycles. The van der Waals surface area contributed by atoms with Crippen LogP contribution in [-0.4, -0.2) is 11.1 Å². The molecule has 0 aliphatic carbocycles. The van der Waals surface area contributed by atoms with Gasteiger partial charge in [-0.1, -0.05) is 0 Å². The molecule has 0 spiro atoms. The Bertz CT molecular complexity index is 609. The minimum absolute atomic E-state index is 0.0685. The molecule has 0 fully saturated rings. The molecule has 1 aromatic heterocycles. The summed E-state index contributed by atoms with van der Waals surface area (Å²) < 4.78 is 13.7. The summed E-state index contributed by atoms with van der Waals surface area (Å²) in [5.74, 6) is -1.52. The molecule has 2 aromatic rings. The molecular formula is C14H14FNO2S. The standard InChI is InChI=1S/C14H14FNO2S/c1-8-5-6-19-13(8)9(2)16-12-7-10(14(17)18)3-4-11(12)15/h3-7,9,16H,1-2H3,(H,17,18). The van der Waals surface area contributed by atoms with E-state index in [1.54, 1.807) is 11.3 Å². The third kappa shape index (κ3) is 2.93. The van der Waals surface area contributed by atoms with Crippen molar-refractivity contribution in [2.75, 3.05) is 5.32 Å². The van der Waals surface area contributed by atoms with E-state index < -0.39 is 11.8 Å². The Morgan fingerprint density at radius 1 is 1.42 bits per heavy atom. The summed E-state index contributed by atoms with van der Waals surface area (Å²) in [5, 5.41) is 13.9. The molecule has 0 aliphatic rings. The average molecular weight is 279 g/mol. The van der Waals surface area contributed by atoms with Gasteiger partial charge in [-0.15, -0.1) is 11.3 Å². The van der Waals surface area contributed by atoms with E-state index in [9.17, 15) is 9.18 Å². The van der Waals surface area contributed by atoms with Gasteiger partial charge in [-0.25, -0.2) is 9.18 Å². The molecule has 1 atom stereocenters. The number of halogens is 1. The first kappa shape index (κ1) is 13.5. The molecule has 0 amide bonds. The van der Waals surface area contributed by atoms with Gasteiger partial charge in [0.2, 0.25) is 0 Å². The molecule has 0 aliphatic heterocycles. The average Bonchev–Trinajstić information content (AvgIpc) is 2.78. The Morgan fingerprint density at radius 3 is 2.74 bits per heavy atom. The molecule has 1 heterocycles. The molecule has 0 bridgehead atoms. The molecule has 1 unspecified atom stereocenters. The first-order chi connectivity index (χ1) is 8.99. The minimum Gasteiger partial charge on any atom is -0.478 e. The second-order valence-corrected chi connectivity index (χ2v) is 5.28. The number of hydrogen-bond donors (Lipinski definition) is 2. The van der Waals surface area contributed by atoms with E-state index in [1.807, 2.05) is 25.3 Å². The molecular weight excluding hydrogens is 265 g/mol. The van der Waals surface area contributed by atoms with Crippen molar-refractivity contribution in [1.29, 1.82) is 0 Å². The van der Waals surface area contributed by atoms with Gasteiger partial charge in [0.1, 0.15) is 5.82 Å². The SMILES string of the molecule is Cc1ccsc1C(C)Nc1cc(C(=O)O)ccc1F. The molecule has 2 N–H and O–H groups in total. The number of thiophene rings is 1. The van der Waals surface area contributed by atoms with Gasteiger partial charge < -0.3 is 10.4 Å². The number of anilines is 1. The smallest absolute Gasteiger partial charge is 0.335 e. The van der Waals surface area contributed by atoms with Crippen LogP contribution in [0.2, 0.25) is 0 Å². The Balaban J connectivity index is 2.26. The Morgan fingerprint density at radius 2 is 2.16 bits per heavy atom. The van der Waals surface area contributed by atoms with E-state index in [0.29, 0.717) is 0 Å². The number of benzene rings is 1. The summed E-state index contributed by atoms with van der Waals surface area (Å²) in [7, 11) is 0. The van der Waals surface area contributed by atoms with Crippen LogP contribution in [0.5, 0.6) is 0 Å². The van der Waals surface area contributed by atoms with Crippen molar-refractivity contribution < 1.29 is 14.3 Å². The number of carboxylic acid groups (broad SMARTS) is 1. The summed E-state index contributed by atoms with van der Waals surface area (Å²) >= 11 is 1.59. The van der Waals surface area contributed by atoms with Gasteiger partial charge >= 0.3 is 5.97 Å². The van der Waals surface area contributed by atoms with E-state index in [-0.39, 0.29) is 17.3 Å². The fourth-order valence-corrected chi connectivity index (χ4v) is 2.83. The van der Waals surface area contributed by atoms with E-state index in [0.717, 1.165) is 10.4 Å². The highest BCUT2D eigenvalue weighted by atomic mass is 32.1. The van der Waals surface area contributed by atoms with Gasteiger partial charge in [-0.2, -0.15) is 0 Å². The molecule has 3 nitrogen and oxygen atoms in total. The van der Waals surface area contributed by atoms with E-state index in [2.05, 4.69) is 5.32 Å². The highest BCUT2D eigenvalue weighted by Crippen LogP contribution is 2.28. The summed E-state index contributed by atoms with van der Waals surface area (Å²) in [5.41, 5.74) is 1.42. The maximum Gasteiger partial charge on any atom is 0.335 e. The Kier molecular flexibility index (Phi) is 3.85. The van der Waals surface area contributed by atoms with Gasteiger partial charge in [-0.05, 0) is 49.1 Å². The fourth-order valence-electron chi connectivity index (χ4n) is 1.90. The normalized spacial score (nSPS) is 12.2. The van der Waals surface area contributed by atoms with Crippen LogP contribution >= 0.6 is 11.3 Å². The first-order valence-electron chi connectivity index (χ1n) is 5.82. The lowest BCUT2D eigenvalue weighted by Gasteiger charge is -2.16. The molecule has 0 radical (unpaired) electrons. The van der Waals surface area contributed by atoms with Gasteiger partial charge in [0, 0.05) is 4.88 Å². The topological polar surface area (TPSA) is 49.3 Å². The van der Waals surface area contributed by atoms with E-state index in [1.165, 1.54) is 18.2 Å². The maximum absolute atomic E-state index is 13.7. The zero-order valence-corrected chi connectivity index (χ0v) is 11.4. The number of aromatic carboxylic acids is 1. The predicted molar refractivity (Wildman–Crippen MR) is 74.5 cm³/mol. The van der Waals surface area contributed by atoms with Crippen molar-refractivity contribution in [3.05, 3.63) is 51.5 Å². The van der Waals surface area contributed by atoms with Crippen LogP contribution in [0.15, 0.2) is 29.6 Å². The molecule has 0 saturated carbocycles. The molecule has 0 saturated heterocycles. The lowest BCUT2D eigenvalue weighted by atomic mass is 10.1. The lowest BCUT2D eigenvalue weighted by molar-refractivity contribution is 0.0697. The van der Waals surface area contributed by atoms with Crippen molar-refractivity contribution in [1.82, 2.24) is 0 Å². The van der Waals surface area contributed by atoms with Crippen molar-refractivity contribution >= 4 is 23.0 Å². The van der Waals surface area contributed by atoms with Gasteiger partial charge in [0.05, 0.1) is 17.3 Å². The summed E-state index contributed by atoms with van der Waals surface area (Å²) in [6, 6.07) is 5.67. The summed E-state index contributed by atoms with van der Waals surface area (Å²) in [6.45, 7) is 3.92. The lowest BCUT2D eigenvalue weighted by Crippen LogP contribution is -2.09. The highest BCUT2D eigenvalue weighted by molar-refractivity contribution is 7.10. The largest absolute Gasteiger partial charge is 0.478 e. The van der Waals surface area contributed by atoms with Crippen molar-refractivity contribution in [3.8, 4) is 0 Å². The predicted octanol–water partition coefficient (Wildman–Crippen LogP) is 4.07. The number of carboxylic acids is 1. The number of aryl methyl sites for hydroxylation is 1. The zero-order chi connectivity index (χ0) is 14.0. The quantitative estimate of drug-likeness (QED) is 0.887. The van der Waals surface area contributed by atoms with Crippen LogP contribution < -0.4 is 5.32 Å². The van der Waals surface area contributed by atoms with Crippen LogP contribution in [-0.2, 0) is 0 Å². The van der Waals surface area contributed by atoms with Crippen LogP contribution in [0.1, 0.15) is 33.8 Å². The van der Waals surface area contributed by atoms with Crippen molar-refractivity contribution in [3.63, 3.8) is 0 Å². The van der Waals surface area contributed by atoms with Crippen molar-refractivity contribution in [2.45, 2.75) is 19.9 Å². The Labute approximate surface area is 114 Å². The third-order valence-electron chi connectivity index (χ3n) is 2.88. The number of carbonyl (C=O) groups is 1. The maximum atomic E-state index is 13.7. The monoisotopic (exact) mass is 279 g/mol. The number of hydrogen-bond acceptors (Lipinski definition) is 3. The number of nitrogens with one attached hydrogen (secondary N) is 1. The molecule has 100 valence electrons. The van der Waals surface area contributed by atoms with Gasteiger partial charge in [0.15, 0.2) is 0 Å². The third-order valence-corrected chi connectivity index (χ3v) is 4.08. The van der Waals surface area contributed by atoms with E-state index >= 15 is 0 Å². The Hall–Kier alpha value is -1.88. The van der Waals surface area contributed by atoms with Gasteiger partial charge in [0.25, 0.3) is 0 Å². The van der Waals surface area contributed by atoms with Crippen LogP contribution in [0.25, 0.3) is 0 Å². The summed E-state index contributed by atoms with van der Waals surface area (Å²) in [4.78, 5) is 12.0. The van der Waals surface area contributed by atoms with Gasteiger partial charge in [-0.3, -0.25) is 0 Å². The van der Waals surface area contributed by atoms with Crippen LogP contribution in [0.3, 0.4) is 0 Å². The number of rotatable bonds is 4. The zero-order valence-electron chi connectivity index (χ0n) is 10.6. The highest BCUT2D eigenvalue weighted by Gasteiger charge is 2.13. The van der Waals surface area contributed by atoms with Crippen LogP contribution in [0.4, 0.5) is 10.1 Å².